The number of nitrogens with zero attached hydrogens (tertiary/aromatic N) is 8. The molecular weight excluding hydrogens is 934 g/mol. The molecule has 3 N–H and O–H groups in total. The summed E-state index contributed by atoms with van der Waals surface area (Å²) in [6.45, 7) is 6.82. The number of carbonyl (C=O) groups excluding carboxylic acids is 2. The number of likely N-dealkylation sites (tertiary alicyclic amines) is 2. The van der Waals surface area contributed by atoms with Gasteiger partial charge in [-0.15, -0.1) is 6.42 Å². The Kier molecular flexibility index (Phi) is 11.5. The van der Waals surface area contributed by atoms with Crippen LogP contribution >= 0.6 is 0 Å². The zero-order valence-electron chi connectivity index (χ0n) is 41.4. The van der Waals surface area contributed by atoms with Gasteiger partial charge in [0.15, 0.2) is 5.82 Å². The van der Waals surface area contributed by atoms with Gasteiger partial charge < -0.3 is 29.9 Å². The number of aliphatic hydroxyl groups excluding tert-OH is 1. The maximum atomic E-state index is 17.2. The van der Waals surface area contributed by atoms with E-state index in [-0.39, 0.29) is 82.7 Å². The minimum Gasteiger partial charge on any atom is -0.512 e. The second-order valence-corrected chi connectivity index (χ2v) is 23.2. The summed E-state index contributed by atoms with van der Waals surface area (Å²) in [5.74, 6) is -0.271. The molecule has 4 aliphatic carbocycles. The van der Waals surface area contributed by atoms with Crippen LogP contribution in [0.2, 0.25) is 0 Å². The van der Waals surface area contributed by atoms with Crippen molar-refractivity contribution < 1.29 is 32.6 Å². The van der Waals surface area contributed by atoms with Crippen molar-refractivity contribution in [3.05, 3.63) is 81.3 Å². The van der Waals surface area contributed by atoms with Crippen molar-refractivity contribution >= 4 is 40.3 Å². The Morgan fingerprint density at radius 2 is 1.68 bits per heavy atom. The Bertz CT molecular complexity index is 2960. The molecule has 5 saturated heterocycles. The zero-order valence-corrected chi connectivity index (χ0v) is 41.4. The molecule has 1 aromatic carbocycles. The number of hydrogen-bond acceptors (Lipinski definition) is 13. The highest BCUT2D eigenvalue weighted by molar-refractivity contribution is 6.13. The summed E-state index contributed by atoms with van der Waals surface area (Å²) in [6.07, 6.45) is 22.7. The van der Waals surface area contributed by atoms with Crippen LogP contribution in [0.4, 0.5) is 19.0 Å². The third-order valence-corrected chi connectivity index (χ3v) is 18.7. The monoisotopic (exact) mass is 996 g/mol. The minimum atomic E-state index is -0.827. The van der Waals surface area contributed by atoms with Crippen molar-refractivity contribution in [1.29, 1.82) is 0 Å². The van der Waals surface area contributed by atoms with E-state index in [1.165, 1.54) is 31.7 Å². The summed E-state index contributed by atoms with van der Waals surface area (Å²) in [5, 5.41) is 23.9. The van der Waals surface area contributed by atoms with Crippen LogP contribution in [0.1, 0.15) is 118 Å². The van der Waals surface area contributed by atoms with Gasteiger partial charge >= 0.3 is 6.01 Å². The van der Waals surface area contributed by atoms with Crippen LogP contribution in [0.25, 0.3) is 17.0 Å². The van der Waals surface area contributed by atoms with E-state index in [2.05, 4.69) is 36.2 Å². The maximum absolute atomic E-state index is 17.2. The Balaban J connectivity index is 0.637. The predicted octanol–water partition coefficient (Wildman–Crippen LogP) is 7.26. The first-order chi connectivity index (χ1) is 35.3. The number of rotatable bonds is 10. The quantitative estimate of drug-likeness (QED) is 0.139. The first-order valence-electron chi connectivity index (χ1n) is 26.7. The van der Waals surface area contributed by atoms with E-state index >= 15 is 13.2 Å². The molecule has 17 heteroatoms. The number of imide groups is 1. The smallest absolute Gasteiger partial charge is 0.319 e. The third-order valence-electron chi connectivity index (χ3n) is 18.7. The molecule has 5 unspecified atom stereocenters. The van der Waals surface area contributed by atoms with E-state index < -0.39 is 23.5 Å². The van der Waals surface area contributed by atoms with Crippen molar-refractivity contribution in [3.63, 3.8) is 0 Å². The molecule has 13 rings (SSSR count). The molecule has 1 spiro atoms. The highest BCUT2D eigenvalue weighted by atomic mass is 19.1. The van der Waals surface area contributed by atoms with Crippen molar-refractivity contribution in [3.8, 4) is 18.4 Å². The average molecular weight is 997 g/mol. The first kappa shape index (κ1) is 46.9. The van der Waals surface area contributed by atoms with Crippen LogP contribution < -0.4 is 20.3 Å². The minimum absolute atomic E-state index is 0.0137. The summed E-state index contributed by atoms with van der Waals surface area (Å²) in [7, 11) is 1.87. The highest BCUT2D eigenvalue weighted by Crippen LogP contribution is 2.54. The summed E-state index contributed by atoms with van der Waals surface area (Å²) in [6, 6.07) is 4.12. The van der Waals surface area contributed by atoms with Crippen LogP contribution in [-0.2, 0) is 9.59 Å². The van der Waals surface area contributed by atoms with Crippen LogP contribution in [0.3, 0.4) is 0 Å². The molecule has 10 aliphatic rings. The van der Waals surface area contributed by atoms with E-state index in [1.807, 2.05) is 13.1 Å². The van der Waals surface area contributed by atoms with Crippen LogP contribution in [0, 0.1) is 52.6 Å². The summed E-state index contributed by atoms with van der Waals surface area (Å²) in [5.41, 5.74) is 3.86. The fourth-order valence-electron chi connectivity index (χ4n) is 14.4. The molecule has 14 nitrogen and oxygen atoms in total. The number of pyridine rings is 1. The van der Waals surface area contributed by atoms with Crippen molar-refractivity contribution in [2.24, 2.45) is 33.7 Å². The van der Waals surface area contributed by atoms with Gasteiger partial charge in [-0.1, -0.05) is 12.0 Å². The molecule has 2 aromatic heterocycles. The molecule has 382 valence electrons. The molecule has 5 atom stereocenters. The Hall–Kier alpha value is -5.83. The van der Waals surface area contributed by atoms with Gasteiger partial charge in [-0.05, 0) is 143 Å². The summed E-state index contributed by atoms with van der Waals surface area (Å²) < 4.78 is 54.8. The second kappa shape index (κ2) is 17.9. The number of amides is 2. The van der Waals surface area contributed by atoms with Gasteiger partial charge in [0.2, 0.25) is 11.8 Å². The lowest BCUT2D eigenvalue weighted by molar-refractivity contribution is -0.134. The zero-order chi connectivity index (χ0) is 49.9. The number of hydrazone groups is 1. The number of anilines is 1. The largest absolute Gasteiger partial charge is 0.512 e. The van der Waals surface area contributed by atoms with Crippen LogP contribution in [0.5, 0.6) is 6.01 Å². The highest BCUT2D eigenvalue weighted by Gasteiger charge is 2.51. The number of allylic oxidation sites excluding steroid dienone is 5. The average Bonchev–Trinajstić information content (AvgIpc) is 3.96. The molecule has 7 fully saturated rings. The molecule has 2 amide bonds. The SMILES string of the molecule is C#Cc1c(F)ccc2c1C(c1ncc3c(N4CC5CCC(C4)N5)nc(OCC4(CN5CCC6(CC5)CC(N5CCC(C7=C(F)CC8C(=C7)N(C)N=C8C7CCC(=O)NC7=O)CC5)C6)CC4)nc3c1F)CC(O)=C2. The molecule has 8 heterocycles. The molecule has 3 aromatic rings. The number of aliphatic hydroxyl groups is 1. The third kappa shape index (κ3) is 8.39. The summed E-state index contributed by atoms with van der Waals surface area (Å²) >= 11 is 0. The lowest BCUT2D eigenvalue weighted by Gasteiger charge is -2.56. The number of aromatic nitrogens is 3. The Morgan fingerprint density at radius 1 is 0.918 bits per heavy atom. The van der Waals surface area contributed by atoms with E-state index in [1.54, 1.807) is 23.3 Å². The topological polar surface area (TPSA) is 152 Å². The molecule has 6 aliphatic heterocycles. The van der Waals surface area contributed by atoms with Gasteiger partial charge in [-0.2, -0.15) is 15.1 Å². The van der Waals surface area contributed by atoms with Crippen LogP contribution in [0.15, 0.2) is 52.4 Å². The van der Waals surface area contributed by atoms with Gasteiger partial charge in [-0.3, -0.25) is 24.9 Å². The fraction of sp³-hybridized carbons (Fsp3) is 0.571. The number of ether oxygens (including phenoxy) is 1. The number of piperidine rings is 3. The lowest BCUT2D eigenvalue weighted by Crippen LogP contribution is -2.56. The van der Waals surface area contributed by atoms with Gasteiger partial charge in [0.1, 0.15) is 23.0 Å². The number of terminal acetylenes is 1. The number of fused-ring (bicyclic) bond motifs is 5. The van der Waals surface area contributed by atoms with Gasteiger partial charge in [0.05, 0.1) is 40.6 Å². The predicted molar refractivity (Wildman–Crippen MR) is 269 cm³/mol. The summed E-state index contributed by atoms with van der Waals surface area (Å²) in [4.78, 5) is 46.3. The number of nitrogens with one attached hydrogen (secondary N) is 2. The van der Waals surface area contributed by atoms with E-state index in [9.17, 15) is 14.7 Å². The number of piperazine rings is 1. The molecule has 0 radical (unpaired) electrons. The van der Waals surface area contributed by atoms with Crippen molar-refractivity contribution in [2.45, 2.75) is 114 Å². The first-order valence-corrected chi connectivity index (χ1v) is 26.7. The van der Waals surface area contributed by atoms with E-state index in [4.69, 9.17) is 26.2 Å². The van der Waals surface area contributed by atoms with E-state index in [0.717, 1.165) is 95.6 Å². The number of carbonyl (C=O) groups is 2. The van der Waals surface area contributed by atoms with Gasteiger partial charge in [-0.25, -0.2) is 13.2 Å². The number of hydrogen-bond donors (Lipinski definition) is 3. The Labute approximate surface area is 423 Å². The molecule has 73 heavy (non-hydrogen) atoms. The standard InChI is InChI=1S/C56H63F3N10O4/c1-3-37-43(57)8-4-32-20-36(70)21-41(47(32)37)50-48(59)51-42(26-60-50)52(69-27-33-5-6-34(28-69)61-33)64-54(63-51)73-30-56(12-13-56)29-67-18-14-55(15-19-67)24-35(25-55)68-16-10-31(11-17-68)39-23-45-40(22-44(39)58)49(65-66(45)2)38-7-9-46(71)62-53(38)72/h1,4,8,20,23,26,31,33-35,38,40-41,61,70H,5-7,9-19,21-22,24-25,27-30H2,2H3,(H,62,71,72). The molecule has 2 saturated carbocycles. The molecule has 2 bridgehead atoms. The Morgan fingerprint density at radius 3 is 2.41 bits per heavy atom. The van der Waals surface area contributed by atoms with E-state index in [0.29, 0.717) is 64.6 Å². The number of halogens is 3. The van der Waals surface area contributed by atoms with Gasteiger partial charge in [0, 0.05) is 93.2 Å². The second-order valence-electron chi connectivity index (χ2n) is 23.2. The van der Waals surface area contributed by atoms with Crippen molar-refractivity contribution in [1.82, 2.24) is 40.4 Å². The van der Waals surface area contributed by atoms with Gasteiger partial charge in [0.25, 0.3) is 0 Å². The number of benzene rings is 1. The molecular formula is C56H63F3N10O4. The van der Waals surface area contributed by atoms with Crippen molar-refractivity contribution in [2.75, 3.05) is 64.4 Å². The fourth-order valence-corrected chi connectivity index (χ4v) is 14.4. The van der Waals surface area contributed by atoms with Crippen LogP contribution in [-0.4, -0.2) is 130 Å². The lowest BCUT2D eigenvalue weighted by atomic mass is 9.59. The normalized spacial score (nSPS) is 29.1. The maximum Gasteiger partial charge on any atom is 0.319 e.